The summed E-state index contributed by atoms with van der Waals surface area (Å²) in [5, 5.41) is 0. The molecule has 0 spiro atoms. The molecule has 0 atom stereocenters. The van der Waals surface area contributed by atoms with Gasteiger partial charge in [0.2, 0.25) is 0 Å². The monoisotopic (exact) mass is 621 g/mol. The number of imidazole rings is 1. The van der Waals surface area contributed by atoms with Crippen molar-refractivity contribution < 1.29 is 39.7 Å². The van der Waals surface area contributed by atoms with Crippen LogP contribution in [0, 0.1) is 6.92 Å². The first-order valence-electron chi connectivity index (χ1n) is 12.8. The number of ether oxygens (including phenoxy) is 1. The molecule has 4 aromatic rings. The molecule has 1 aliphatic carbocycles. The number of benzene rings is 2. The Kier molecular flexibility index (Phi) is 8.53. The van der Waals surface area contributed by atoms with Crippen molar-refractivity contribution in [3.8, 4) is 11.7 Å². The minimum absolute atomic E-state index is 0. The Labute approximate surface area is 251 Å². The van der Waals surface area contributed by atoms with Gasteiger partial charge in [-0.1, -0.05) is 44.8 Å². The summed E-state index contributed by atoms with van der Waals surface area (Å²) < 4.78 is 46.8. The van der Waals surface area contributed by atoms with Gasteiger partial charge in [0.05, 0.1) is 24.6 Å². The maximum Gasteiger partial charge on any atom is 0.416 e. The third kappa shape index (κ3) is 5.58. The van der Waals surface area contributed by atoms with Crippen molar-refractivity contribution in [3.05, 3.63) is 82.2 Å². The number of carbonyl (C=O) groups is 1. The van der Waals surface area contributed by atoms with E-state index in [9.17, 15) is 18.0 Å². The number of nitrogens with one attached hydrogen (secondary N) is 1. The van der Waals surface area contributed by atoms with Gasteiger partial charge in [0, 0.05) is 28.2 Å². The smallest absolute Gasteiger partial charge is 0.416 e. The third-order valence-corrected chi connectivity index (χ3v) is 9.98. The van der Waals surface area contributed by atoms with E-state index in [-0.39, 0.29) is 18.2 Å². The second kappa shape index (κ2) is 11.2. The predicted molar refractivity (Wildman–Crippen MR) is 154 cm³/mol. The standard InChI is InChI=1S/C30H31F3N3O2S2.ClH/c1-17-24(16-40-39-15-18-8-7-9-19(12-18)30(31,32)33)36(11-10-25(17)38-6)27-34-22-13-20-21(14-23(22)35-27)29(4,5)26(37)28(20,2)3;/h7-14H,15-16H2,1-6H3,(H,34,35);1H/q+1;/p-1. The number of aromatic amines is 1. The Hall–Kier alpha value is -2.69. The fourth-order valence-electron chi connectivity index (χ4n) is 5.54. The molecular formula is C30H31ClF3N3O2S2. The Balaban J connectivity index is 0.00000387. The quantitative estimate of drug-likeness (QED) is 0.188. The molecule has 0 aliphatic heterocycles. The molecule has 1 aliphatic rings. The van der Waals surface area contributed by atoms with Crippen LogP contribution in [0.4, 0.5) is 13.2 Å². The Bertz CT molecular complexity index is 1580. The molecule has 5 nitrogen and oxygen atoms in total. The fourth-order valence-corrected chi connectivity index (χ4v) is 7.73. The first-order valence-corrected chi connectivity index (χ1v) is 15.3. The fraction of sp³-hybridized carbons (Fsp3) is 0.367. The van der Waals surface area contributed by atoms with Crippen molar-refractivity contribution in [3.63, 3.8) is 0 Å². The Morgan fingerprint density at radius 1 is 1.00 bits per heavy atom. The van der Waals surface area contributed by atoms with Crippen molar-refractivity contribution in [1.29, 1.82) is 0 Å². The SMILES string of the molecule is COc1cc[n+](-c2nc3cc4c(cc3[nH]2)C(C)(C)C(=O)C4(C)C)c(CSSCc2cccc(C(F)(F)F)c2)c1C.[Cl-]. The second-order valence-corrected chi connectivity index (χ2v) is 13.6. The van der Waals surface area contributed by atoms with Crippen molar-refractivity contribution in [2.24, 2.45) is 0 Å². The van der Waals surface area contributed by atoms with Gasteiger partial charge in [-0.05, 0) is 69.5 Å². The zero-order valence-electron chi connectivity index (χ0n) is 23.6. The zero-order chi connectivity index (χ0) is 29.0. The summed E-state index contributed by atoms with van der Waals surface area (Å²) in [6, 6.07) is 11.4. The molecule has 0 unspecified atom stereocenters. The van der Waals surface area contributed by atoms with Crippen molar-refractivity contribution >= 4 is 38.4 Å². The molecule has 5 rings (SSSR count). The van der Waals surface area contributed by atoms with Gasteiger partial charge in [0.25, 0.3) is 0 Å². The molecule has 218 valence electrons. The number of hydrogen-bond acceptors (Lipinski definition) is 5. The topological polar surface area (TPSA) is 58.9 Å². The highest BCUT2D eigenvalue weighted by molar-refractivity contribution is 8.76. The van der Waals surface area contributed by atoms with E-state index >= 15 is 0 Å². The molecule has 2 aromatic heterocycles. The number of fused-ring (bicyclic) bond motifs is 2. The van der Waals surface area contributed by atoms with E-state index in [1.807, 2.05) is 63.6 Å². The van der Waals surface area contributed by atoms with Gasteiger partial charge in [-0.3, -0.25) is 4.79 Å². The van der Waals surface area contributed by atoms with Crippen molar-refractivity contribution in [2.45, 2.75) is 63.1 Å². The van der Waals surface area contributed by atoms with Gasteiger partial charge in [-0.25, -0.2) is 9.55 Å². The number of alkyl halides is 3. The number of carbonyl (C=O) groups excluding carboxylic acids is 1. The summed E-state index contributed by atoms with van der Waals surface area (Å²) in [6.07, 6.45) is -2.45. The van der Waals surface area contributed by atoms with Crippen LogP contribution in [0.3, 0.4) is 0 Å². The first kappa shape index (κ1) is 31.3. The molecule has 0 saturated heterocycles. The summed E-state index contributed by atoms with van der Waals surface area (Å²) >= 11 is 0. The number of pyridine rings is 1. The van der Waals surface area contributed by atoms with Gasteiger partial charge >= 0.3 is 12.1 Å². The number of halogens is 4. The Morgan fingerprint density at radius 3 is 2.32 bits per heavy atom. The summed E-state index contributed by atoms with van der Waals surface area (Å²) in [4.78, 5) is 21.5. The Morgan fingerprint density at radius 2 is 1.66 bits per heavy atom. The van der Waals surface area contributed by atoms with Crippen molar-refractivity contribution in [2.75, 3.05) is 7.11 Å². The van der Waals surface area contributed by atoms with Crippen LogP contribution in [0.25, 0.3) is 17.0 Å². The average Bonchev–Trinajstić information content (AvgIpc) is 3.37. The van der Waals surface area contributed by atoms with Gasteiger partial charge in [-0.2, -0.15) is 13.2 Å². The first-order chi connectivity index (χ1) is 18.7. The molecule has 0 saturated carbocycles. The zero-order valence-corrected chi connectivity index (χ0v) is 26.0. The third-order valence-electron chi connectivity index (χ3n) is 7.77. The van der Waals surface area contributed by atoms with Crippen molar-refractivity contribution in [1.82, 2.24) is 9.97 Å². The van der Waals surface area contributed by atoms with Gasteiger partial charge in [0.1, 0.15) is 17.0 Å². The van der Waals surface area contributed by atoms with E-state index in [1.54, 1.807) is 24.0 Å². The predicted octanol–water partition coefficient (Wildman–Crippen LogP) is 4.40. The van der Waals surface area contributed by atoms with E-state index in [1.165, 1.54) is 22.9 Å². The highest BCUT2D eigenvalue weighted by atomic mass is 35.5. The van der Waals surface area contributed by atoms with Crippen LogP contribution in [-0.2, 0) is 33.3 Å². The van der Waals surface area contributed by atoms with Crippen LogP contribution >= 0.6 is 21.6 Å². The number of Topliss-reactive ketones (excluding diaryl/α,β-unsaturated/α-hetero) is 1. The minimum atomic E-state index is -4.36. The summed E-state index contributed by atoms with van der Waals surface area (Å²) in [7, 11) is 4.68. The van der Waals surface area contributed by atoms with E-state index in [0.29, 0.717) is 23.0 Å². The van der Waals surface area contributed by atoms with Gasteiger partial charge < -0.3 is 17.1 Å². The number of methoxy groups -OCH3 is 1. The van der Waals surface area contributed by atoms with E-state index in [4.69, 9.17) is 9.72 Å². The number of H-pyrrole nitrogens is 1. The maximum atomic E-state index is 13.1. The van der Waals surface area contributed by atoms with E-state index < -0.39 is 22.6 Å². The van der Waals surface area contributed by atoms with Crippen LogP contribution in [-0.4, -0.2) is 22.9 Å². The molecule has 2 aromatic carbocycles. The molecule has 2 heterocycles. The van der Waals surface area contributed by atoms with Crippen LogP contribution in [0.15, 0.2) is 48.7 Å². The largest absolute Gasteiger partial charge is 1.00 e. The highest BCUT2D eigenvalue weighted by Gasteiger charge is 2.51. The number of rotatable bonds is 7. The molecule has 0 amide bonds. The number of hydrogen-bond donors (Lipinski definition) is 1. The van der Waals surface area contributed by atoms with Crippen LogP contribution in [0.5, 0.6) is 5.75 Å². The van der Waals surface area contributed by atoms with Crippen LogP contribution in [0.2, 0.25) is 0 Å². The molecule has 0 fully saturated rings. The summed E-state index contributed by atoms with van der Waals surface area (Å²) in [5.74, 6) is 2.61. The number of ketones is 1. The maximum absolute atomic E-state index is 13.1. The molecule has 11 heteroatoms. The van der Waals surface area contributed by atoms with E-state index in [0.717, 1.165) is 45.2 Å². The summed E-state index contributed by atoms with van der Waals surface area (Å²) in [5.41, 5.74) is 4.39. The normalized spacial score (nSPS) is 15.6. The molecule has 1 N–H and O–H groups in total. The summed E-state index contributed by atoms with van der Waals surface area (Å²) in [6.45, 7) is 9.86. The van der Waals surface area contributed by atoms with Gasteiger partial charge in [-0.15, -0.1) is 0 Å². The molecular weight excluding hydrogens is 591 g/mol. The lowest BCUT2D eigenvalue weighted by Gasteiger charge is -2.21. The lowest BCUT2D eigenvalue weighted by Crippen LogP contribution is -3.00. The lowest BCUT2D eigenvalue weighted by molar-refractivity contribution is -0.610. The lowest BCUT2D eigenvalue weighted by atomic mass is 9.80. The van der Waals surface area contributed by atoms with Crippen LogP contribution < -0.4 is 21.7 Å². The highest BCUT2D eigenvalue weighted by Crippen LogP contribution is 2.47. The molecule has 0 radical (unpaired) electrons. The minimum Gasteiger partial charge on any atom is -1.00 e. The number of aromatic nitrogens is 3. The van der Waals surface area contributed by atoms with Gasteiger partial charge in [0.15, 0.2) is 11.3 Å². The molecule has 41 heavy (non-hydrogen) atoms. The second-order valence-electron chi connectivity index (χ2n) is 11.1. The molecule has 0 bridgehead atoms. The average molecular weight is 622 g/mol. The van der Waals surface area contributed by atoms with Crippen LogP contribution in [0.1, 0.15) is 61.2 Å². The van der Waals surface area contributed by atoms with E-state index in [2.05, 4.69) is 4.98 Å². The number of nitrogens with zero attached hydrogens (tertiary/aromatic N) is 2.